The highest BCUT2D eigenvalue weighted by Gasteiger charge is 2.25. The fraction of sp³-hybridized carbons (Fsp3) is 0.211. The normalized spacial score (nSPS) is 11.4. The molecule has 31 heavy (non-hydrogen) atoms. The van der Waals surface area contributed by atoms with Crippen molar-refractivity contribution in [1.82, 2.24) is 10.5 Å². The van der Waals surface area contributed by atoms with Gasteiger partial charge in [-0.3, -0.25) is 10.2 Å². The van der Waals surface area contributed by atoms with E-state index in [0.717, 1.165) is 16.9 Å². The topological polar surface area (TPSA) is 145 Å². The Balaban J connectivity index is 2.05. The molecule has 4 N–H and O–H groups in total. The van der Waals surface area contributed by atoms with Crippen LogP contribution in [0.1, 0.15) is 26.5 Å². The lowest BCUT2D eigenvalue weighted by Gasteiger charge is -2.14. The summed E-state index contributed by atoms with van der Waals surface area (Å²) in [6, 6.07) is 4.87. The van der Waals surface area contributed by atoms with Crippen molar-refractivity contribution in [1.29, 1.82) is 5.41 Å². The Morgan fingerprint density at radius 1 is 1.26 bits per heavy atom. The zero-order valence-corrected chi connectivity index (χ0v) is 19.1. The maximum atomic E-state index is 13.0. The van der Waals surface area contributed by atoms with Crippen LogP contribution in [0.5, 0.6) is 0 Å². The highest BCUT2D eigenvalue weighted by Crippen LogP contribution is 2.35. The number of halogens is 1. The lowest BCUT2D eigenvalue weighted by atomic mass is 9.99. The Morgan fingerprint density at radius 2 is 1.97 bits per heavy atom. The third-order valence-electron chi connectivity index (χ3n) is 4.41. The maximum absolute atomic E-state index is 13.0. The quantitative estimate of drug-likeness (QED) is 0.312. The summed E-state index contributed by atoms with van der Waals surface area (Å²) in [5, 5.41) is 24.1. The van der Waals surface area contributed by atoms with Crippen molar-refractivity contribution in [3.63, 3.8) is 0 Å². The molecule has 2 aromatic heterocycles. The second kappa shape index (κ2) is 8.79. The summed E-state index contributed by atoms with van der Waals surface area (Å²) >= 11 is 7.17. The lowest BCUT2D eigenvalue weighted by molar-refractivity contribution is 0.0979. The first-order valence-corrected chi connectivity index (χ1v) is 11.6. The van der Waals surface area contributed by atoms with Gasteiger partial charge in [0.25, 0.3) is 21.8 Å². The minimum Gasteiger partial charge on any atom is -0.388 e. The van der Waals surface area contributed by atoms with E-state index in [0.29, 0.717) is 22.4 Å². The molecule has 1 amide bonds. The second-order valence-electron chi connectivity index (χ2n) is 6.70. The predicted octanol–water partition coefficient (Wildman–Crippen LogP) is 3.48. The van der Waals surface area contributed by atoms with Crippen LogP contribution in [0.15, 0.2) is 33.0 Å². The molecule has 3 aromatic rings. The molecule has 0 saturated carbocycles. The molecule has 0 aliphatic heterocycles. The number of amides is 1. The smallest absolute Gasteiger partial charge is 0.267 e. The number of aliphatic hydroxyl groups is 1. The van der Waals surface area contributed by atoms with E-state index in [-0.39, 0.29) is 26.5 Å². The van der Waals surface area contributed by atoms with E-state index in [1.54, 1.807) is 38.3 Å². The summed E-state index contributed by atoms with van der Waals surface area (Å²) in [4.78, 5) is 12.8. The average Bonchev–Trinajstić information content (AvgIpc) is 3.30. The van der Waals surface area contributed by atoms with Crippen LogP contribution in [0.4, 0.5) is 5.88 Å². The Labute approximate surface area is 187 Å². The van der Waals surface area contributed by atoms with Crippen molar-refractivity contribution < 1.29 is 22.8 Å². The number of aryl methyl sites for hydroxylation is 3. The molecule has 0 saturated heterocycles. The van der Waals surface area contributed by atoms with Crippen LogP contribution >= 0.6 is 22.9 Å². The molecule has 0 bridgehead atoms. The van der Waals surface area contributed by atoms with Crippen LogP contribution in [0.2, 0.25) is 5.02 Å². The van der Waals surface area contributed by atoms with Gasteiger partial charge in [-0.2, -0.15) is 0 Å². The number of anilines is 1. The molecular weight excluding hydrogens is 464 g/mol. The van der Waals surface area contributed by atoms with Gasteiger partial charge in [-0.25, -0.2) is 13.1 Å². The lowest BCUT2D eigenvalue weighted by Crippen LogP contribution is -2.31. The zero-order valence-electron chi connectivity index (χ0n) is 16.7. The number of aliphatic hydroxyl groups excluding tert-OH is 1. The third kappa shape index (κ3) is 4.64. The molecule has 0 unspecified atom stereocenters. The van der Waals surface area contributed by atoms with Crippen molar-refractivity contribution in [3.05, 3.63) is 50.3 Å². The van der Waals surface area contributed by atoms with E-state index in [1.807, 2.05) is 0 Å². The van der Waals surface area contributed by atoms with E-state index in [9.17, 15) is 13.2 Å². The minimum atomic E-state index is -4.07. The third-order valence-corrected chi connectivity index (χ3v) is 7.24. The number of thiophene rings is 1. The summed E-state index contributed by atoms with van der Waals surface area (Å²) in [6.45, 7) is 4.44. The molecule has 9 nitrogen and oxygen atoms in total. The van der Waals surface area contributed by atoms with Gasteiger partial charge >= 0.3 is 0 Å². The first kappa shape index (κ1) is 22.9. The van der Waals surface area contributed by atoms with Crippen LogP contribution in [-0.2, 0) is 10.0 Å². The number of benzene rings is 1. The number of sulfonamides is 1. The first-order valence-electron chi connectivity index (χ1n) is 8.88. The molecule has 12 heteroatoms. The Kier molecular flexibility index (Phi) is 6.51. The van der Waals surface area contributed by atoms with Crippen LogP contribution < -0.4 is 10.0 Å². The molecular formula is C19H19ClN4O5S2. The fourth-order valence-electron chi connectivity index (χ4n) is 2.94. The molecule has 1 aromatic carbocycles. The second-order valence-corrected chi connectivity index (χ2v) is 9.65. The Bertz CT molecular complexity index is 1280. The van der Waals surface area contributed by atoms with Gasteiger partial charge < -0.3 is 14.9 Å². The highest BCUT2D eigenvalue weighted by atomic mass is 35.5. The first-order chi connectivity index (χ1) is 14.5. The van der Waals surface area contributed by atoms with Gasteiger partial charge in [0.2, 0.25) is 0 Å². The Hall–Kier alpha value is -2.73. The largest absolute Gasteiger partial charge is 0.388 e. The number of carbonyl (C=O) groups excluding carboxylic acids is 1. The van der Waals surface area contributed by atoms with Gasteiger partial charge in [0.15, 0.2) is 0 Å². The Morgan fingerprint density at radius 3 is 2.58 bits per heavy atom. The number of nitrogens with zero attached hydrogens (tertiary/aromatic N) is 1. The van der Waals surface area contributed by atoms with Gasteiger partial charge in [-0.05, 0) is 55.0 Å². The van der Waals surface area contributed by atoms with E-state index >= 15 is 0 Å². The number of rotatable bonds is 6. The van der Waals surface area contributed by atoms with Gasteiger partial charge in [-0.1, -0.05) is 22.8 Å². The van der Waals surface area contributed by atoms with Crippen LogP contribution in [-0.4, -0.2) is 37.0 Å². The van der Waals surface area contributed by atoms with Crippen molar-refractivity contribution in [2.24, 2.45) is 0 Å². The highest BCUT2D eigenvalue weighted by molar-refractivity contribution is 7.92. The molecule has 164 valence electrons. The van der Waals surface area contributed by atoms with E-state index < -0.39 is 22.5 Å². The van der Waals surface area contributed by atoms with Crippen LogP contribution in [0.3, 0.4) is 0 Å². The molecule has 2 heterocycles. The number of nitrogens with one attached hydrogen (secondary N) is 3. The molecule has 0 radical (unpaired) electrons. The average molecular weight is 483 g/mol. The van der Waals surface area contributed by atoms with Gasteiger partial charge in [0.1, 0.15) is 28.0 Å². The van der Waals surface area contributed by atoms with Gasteiger partial charge in [-0.15, -0.1) is 11.3 Å². The van der Waals surface area contributed by atoms with Crippen molar-refractivity contribution in [2.75, 3.05) is 11.3 Å². The number of amidine groups is 1. The fourth-order valence-corrected chi connectivity index (χ4v) is 5.17. The number of hydrogen-bond acceptors (Lipinski definition) is 8. The molecule has 0 aliphatic carbocycles. The van der Waals surface area contributed by atoms with E-state index in [1.165, 1.54) is 6.07 Å². The van der Waals surface area contributed by atoms with Crippen LogP contribution in [0, 0.1) is 26.2 Å². The summed E-state index contributed by atoms with van der Waals surface area (Å²) in [7, 11) is -4.07. The summed E-state index contributed by atoms with van der Waals surface area (Å²) < 4.78 is 33.3. The van der Waals surface area contributed by atoms with Crippen molar-refractivity contribution >= 4 is 50.6 Å². The molecule has 0 aliphatic rings. The molecule has 0 spiro atoms. The minimum absolute atomic E-state index is 0.0149. The summed E-state index contributed by atoms with van der Waals surface area (Å²) in [5.74, 6) is -1.08. The van der Waals surface area contributed by atoms with E-state index in [2.05, 4.69) is 15.2 Å². The molecule has 0 fully saturated rings. The molecule has 0 atom stereocenters. The monoisotopic (exact) mass is 482 g/mol. The zero-order chi connectivity index (χ0) is 22.9. The van der Waals surface area contributed by atoms with Gasteiger partial charge in [0.05, 0.1) is 4.90 Å². The predicted molar refractivity (Wildman–Crippen MR) is 119 cm³/mol. The van der Waals surface area contributed by atoms with Gasteiger partial charge in [0, 0.05) is 5.56 Å². The summed E-state index contributed by atoms with van der Waals surface area (Å²) in [5.41, 5.74) is 2.64. The number of hydrogen-bond donors (Lipinski definition) is 4. The van der Waals surface area contributed by atoms with E-state index in [4.69, 9.17) is 26.6 Å². The SMILES string of the molecule is Cc1cc(C)c(S(=O)(=O)Nc2onc(C)c2Cl)cc1-c1ccsc1C(=O)NC(=N)CO. The summed E-state index contributed by atoms with van der Waals surface area (Å²) in [6.07, 6.45) is 0. The maximum Gasteiger partial charge on any atom is 0.267 e. The van der Waals surface area contributed by atoms with Crippen molar-refractivity contribution in [3.8, 4) is 11.1 Å². The number of carbonyl (C=O) groups is 1. The molecule has 3 rings (SSSR count). The van der Waals surface area contributed by atoms with Crippen LogP contribution in [0.25, 0.3) is 11.1 Å². The van der Waals surface area contributed by atoms with Crippen molar-refractivity contribution in [2.45, 2.75) is 25.7 Å². The standard InChI is InChI=1S/C19H19ClN4O5S2/c1-9-6-10(2)14(31(27,28)24-19-16(20)11(3)23-29-19)7-13(9)12-4-5-30-17(12)18(26)22-15(21)8-25/h4-7,24-25H,8H2,1-3H3,(H2,21,22,26). The number of aromatic nitrogens is 1.